The fourth-order valence-corrected chi connectivity index (χ4v) is 1.12. The zero-order valence-corrected chi connectivity index (χ0v) is 8.89. The quantitative estimate of drug-likeness (QED) is 0.837. The van der Waals surface area contributed by atoms with Crippen LogP contribution in [0.5, 0.6) is 0 Å². The molecule has 0 aliphatic rings. The zero-order valence-electron chi connectivity index (χ0n) is 7.30. The van der Waals surface area contributed by atoms with Crippen molar-refractivity contribution < 1.29 is 14.0 Å². The van der Waals surface area contributed by atoms with E-state index >= 15 is 0 Å². The van der Waals surface area contributed by atoms with E-state index in [1.165, 1.54) is 19.1 Å². The molecule has 74 valence electrons. The molecule has 0 saturated carbocycles. The van der Waals surface area contributed by atoms with E-state index in [0.29, 0.717) is 0 Å². The summed E-state index contributed by atoms with van der Waals surface area (Å²) >= 11 is 2.96. The van der Waals surface area contributed by atoms with Crippen molar-refractivity contribution in [1.82, 2.24) is 5.32 Å². The summed E-state index contributed by atoms with van der Waals surface area (Å²) in [6, 6.07) is 3.89. The van der Waals surface area contributed by atoms with Crippen LogP contribution in [0.2, 0.25) is 0 Å². The van der Waals surface area contributed by atoms with Crippen LogP contribution in [0.3, 0.4) is 0 Å². The van der Waals surface area contributed by atoms with Gasteiger partial charge in [-0.3, -0.25) is 14.9 Å². The van der Waals surface area contributed by atoms with Gasteiger partial charge in [0.2, 0.25) is 5.91 Å². The molecule has 2 amide bonds. The van der Waals surface area contributed by atoms with E-state index < -0.39 is 17.6 Å². The summed E-state index contributed by atoms with van der Waals surface area (Å²) in [5.41, 5.74) is 0.112. The topological polar surface area (TPSA) is 46.2 Å². The first kappa shape index (κ1) is 10.8. The molecule has 0 aliphatic heterocycles. The van der Waals surface area contributed by atoms with E-state index in [9.17, 15) is 14.0 Å². The van der Waals surface area contributed by atoms with Crippen LogP contribution in [-0.2, 0) is 4.79 Å². The summed E-state index contributed by atoms with van der Waals surface area (Å²) in [7, 11) is 0. The highest BCUT2D eigenvalue weighted by atomic mass is 79.9. The number of rotatable bonds is 1. The van der Waals surface area contributed by atoms with Gasteiger partial charge in [-0.2, -0.15) is 0 Å². The molecule has 0 heterocycles. The molecule has 14 heavy (non-hydrogen) atoms. The molecule has 3 nitrogen and oxygen atoms in total. The molecule has 0 fully saturated rings. The van der Waals surface area contributed by atoms with Crippen molar-refractivity contribution in [2.75, 3.05) is 0 Å². The first-order valence-electron chi connectivity index (χ1n) is 3.77. The number of imide groups is 1. The van der Waals surface area contributed by atoms with Gasteiger partial charge in [-0.05, 0) is 34.1 Å². The average Bonchev–Trinajstić information content (AvgIpc) is 2.08. The smallest absolute Gasteiger partial charge is 0.257 e. The normalized spacial score (nSPS) is 9.64. The highest BCUT2D eigenvalue weighted by molar-refractivity contribution is 9.10. The molecule has 0 atom stereocenters. The molecule has 5 heteroatoms. The zero-order chi connectivity index (χ0) is 10.7. The molecule has 0 bridgehead atoms. The fraction of sp³-hybridized carbons (Fsp3) is 0.111. The lowest BCUT2D eigenvalue weighted by atomic mass is 10.2. The molecule has 0 aromatic heterocycles. The third-order valence-corrected chi connectivity index (χ3v) is 2.11. The SMILES string of the molecule is CC(=O)NC(=O)c1ccc(Br)c(F)c1. The Kier molecular flexibility index (Phi) is 3.35. The average molecular weight is 260 g/mol. The monoisotopic (exact) mass is 259 g/mol. The van der Waals surface area contributed by atoms with Gasteiger partial charge < -0.3 is 0 Å². The largest absolute Gasteiger partial charge is 0.293 e. The van der Waals surface area contributed by atoms with Crippen LogP contribution >= 0.6 is 15.9 Å². The van der Waals surface area contributed by atoms with Crippen LogP contribution in [-0.4, -0.2) is 11.8 Å². The Morgan fingerprint density at radius 3 is 2.57 bits per heavy atom. The van der Waals surface area contributed by atoms with Crippen molar-refractivity contribution in [1.29, 1.82) is 0 Å². The van der Waals surface area contributed by atoms with Crippen molar-refractivity contribution in [2.24, 2.45) is 0 Å². The van der Waals surface area contributed by atoms with Crippen LogP contribution in [0.25, 0.3) is 0 Å². The maximum Gasteiger partial charge on any atom is 0.257 e. The summed E-state index contributed by atoms with van der Waals surface area (Å²) in [6.45, 7) is 1.22. The summed E-state index contributed by atoms with van der Waals surface area (Å²) < 4.78 is 13.2. The minimum Gasteiger partial charge on any atom is -0.293 e. The number of hydrogen-bond donors (Lipinski definition) is 1. The van der Waals surface area contributed by atoms with Crippen LogP contribution in [0.1, 0.15) is 17.3 Å². The van der Waals surface area contributed by atoms with Crippen molar-refractivity contribution in [3.8, 4) is 0 Å². The highest BCUT2D eigenvalue weighted by Crippen LogP contribution is 2.16. The molecular weight excluding hydrogens is 253 g/mol. The van der Waals surface area contributed by atoms with Gasteiger partial charge >= 0.3 is 0 Å². The van der Waals surface area contributed by atoms with E-state index in [1.54, 1.807) is 0 Å². The molecular formula is C9H7BrFNO2. The Balaban J connectivity index is 2.91. The van der Waals surface area contributed by atoms with Gasteiger partial charge in [0.05, 0.1) is 4.47 Å². The molecule has 1 rings (SSSR count). The second-order valence-corrected chi connectivity index (χ2v) is 3.49. The Labute approximate surface area is 88.4 Å². The van der Waals surface area contributed by atoms with Crippen molar-refractivity contribution in [3.05, 3.63) is 34.1 Å². The van der Waals surface area contributed by atoms with Crippen molar-refractivity contribution in [2.45, 2.75) is 6.92 Å². The predicted octanol–water partition coefficient (Wildman–Crippen LogP) is 1.86. The highest BCUT2D eigenvalue weighted by Gasteiger charge is 2.09. The molecule has 0 spiro atoms. The molecule has 0 radical (unpaired) electrons. The fourth-order valence-electron chi connectivity index (χ4n) is 0.869. The van der Waals surface area contributed by atoms with Gasteiger partial charge in [0.25, 0.3) is 5.91 Å². The molecule has 0 unspecified atom stereocenters. The molecule has 1 aromatic carbocycles. The number of carbonyl (C=O) groups is 2. The second kappa shape index (κ2) is 4.32. The summed E-state index contributed by atoms with van der Waals surface area (Å²) in [5.74, 6) is -1.62. The second-order valence-electron chi connectivity index (χ2n) is 2.64. The molecule has 0 saturated heterocycles. The van der Waals surface area contributed by atoms with Gasteiger partial charge in [-0.15, -0.1) is 0 Å². The first-order chi connectivity index (χ1) is 6.50. The lowest BCUT2D eigenvalue weighted by Crippen LogP contribution is -2.27. The maximum atomic E-state index is 13.0. The van der Waals surface area contributed by atoms with E-state index in [0.717, 1.165) is 6.07 Å². The minimum absolute atomic E-state index is 0.112. The molecule has 1 N–H and O–H groups in total. The molecule has 1 aromatic rings. The Bertz CT molecular complexity index is 392. The van der Waals surface area contributed by atoms with Gasteiger partial charge in [0, 0.05) is 12.5 Å². The Hall–Kier alpha value is -1.23. The number of hydrogen-bond acceptors (Lipinski definition) is 2. The van der Waals surface area contributed by atoms with Crippen LogP contribution in [0, 0.1) is 5.82 Å². The van der Waals surface area contributed by atoms with Crippen LogP contribution in [0.15, 0.2) is 22.7 Å². The third-order valence-electron chi connectivity index (χ3n) is 1.47. The number of carbonyl (C=O) groups excluding carboxylic acids is 2. The number of halogens is 2. The number of benzene rings is 1. The van der Waals surface area contributed by atoms with Crippen LogP contribution < -0.4 is 5.32 Å². The summed E-state index contributed by atoms with van der Waals surface area (Å²) in [4.78, 5) is 21.7. The standard InChI is InChI=1S/C9H7BrFNO2/c1-5(13)12-9(14)6-2-3-7(10)8(11)4-6/h2-4H,1H3,(H,12,13,14). The van der Waals surface area contributed by atoms with E-state index in [-0.39, 0.29) is 10.0 Å². The summed E-state index contributed by atoms with van der Waals surface area (Å²) in [5, 5.41) is 2.05. The lowest BCUT2D eigenvalue weighted by Gasteiger charge is -2.01. The summed E-state index contributed by atoms with van der Waals surface area (Å²) in [6.07, 6.45) is 0. The van der Waals surface area contributed by atoms with Crippen LogP contribution in [0.4, 0.5) is 4.39 Å². The Morgan fingerprint density at radius 1 is 1.43 bits per heavy atom. The van der Waals surface area contributed by atoms with E-state index in [4.69, 9.17) is 0 Å². The number of amides is 2. The van der Waals surface area contributed by atoms with Gasteiger partial charge in [0.15, 0.2) is 0 Å². The van der Waals surface area contributed by atoms with Gasteiger partial charge in [0.1, 0.15) is 5.82 Å². The predicted molar refractivity (Wildman–Crippen MR) is 52.2 cm³/mol. The van der Waals surface area contributed by atoms with Gasteiger partial charge in [-0.25, -0.2) is 4.39 Å². The first-order valence-corrected chi connectivity index (χ1v) is 4.57. The maximum absolute atomic E-state index is 13.0. The van der Waals surface area contributed by atoms with E-state index in [1.807, 2.05) is 5.32 Å². The third kappa shape index (κ3) is 2.63. The molecule has 0 aliphatic carbocycles. The van der Waals surface area contributed by atoms with Crippen molar-refractivity contribution in [3.63, 3.8) is 0 Å². The Morgan fingerprint density at radius 2 is 2.07 bits per heavy atom. The van der Waals surface area contributed by atoms with Gasteiger partial charge in [-0.1, -0.05) is 0 Å². The van der Waals surface area contributed by atoms with Crippen molar-refractivity contribution >= 4 is 27.7 Å². The van der Waals surface area contributed by atoms with E-state index in [2.05, 4.69) is 15.9 Å². The lowest BCUT2D eigenvalue weighted by molar-refractivity contribution is -0.118. The minimum atomic E-state index is -0.607. The number of nitrogens with one attached hydrogen (secondary N) is 1.